The average Bonchev–Trinajstić information content (AvgIpc) is 2.91. The number of aromatic nitrogens is 2. The van der Waals surface area contributed by atoms with Crippen LogP contribution in [0.1, 0.15) is 0 Å². The zero-order valence-electron chi connectivity index (χ0n) is 19.2. The zero-order valence-corrected chi connectivity index (χ0v) is 23.2. The summed E-state index contributed by atoms with van der Waals surface area (Å²) in [6.07, 6.45) is 3.70. The Hall–Kier alpha value is -1.81. The lowest BCUT2D eigenvalue weighted by molar-refractivity contribution is 0.109. The molecule has 0 bridgehead atoms. The van der Waals surface area contributed by atoms with Crippen molar-refractivity contribution in [3.8, 4) is 0 Å². The van der Waals surface area contributed by atoms with E-state index < -0.39 is 0 Å². The highest BCUT2D eigenvalue weighted by molar-refractivity contribution is 9.11. The summed E-state index contributed by atoms with van der Waals surface area (Å²) in [7, 11) is 0. The third-order valence-corrected chi connectivity index (χ3v) is 7.15. The van der Waals surface area contributed by atoms with Crippen molar-refractivity contribution in [2.24, 2.45) is 0 Å². The molecule has 2 aliphatic rings. The second kappa shape index (κ2) is 13.5. The number of ether oxygens (including phenoxy) is 2. The van der Waals surface area contributed by atoms with E-state index >= 15 is 0 Å². The molecule has 4 aromatic rings. The maximum atomic E-state index is 5.74. The van der Waals surface area contributed by atoms with Gasteiger partial charge in [0, 0.05) is 58.3 Å². The number of nitrogens with one attached hydrogen (secondary N) is 1. The van der Waals surface area contributed by atoms with Crippen LogP contribution in [0.4, 0.5) is 5.82 Å². The van der Waals surface area contributed by atoms with Gasteiger partial charge in [-0.25, -0.2) is 9.97 Å². The monoisotopic (exact) mass is 620 g/mol. The van der Waals surface area contributed by atoms with Crippen LogP contribution >= 0.6 is 43.5 Å². The Morgan fingerprint density at radius 3 is 1.91 bits per heavy atom. The van der Waals surface area contributed by atoms with Crippen molar-refractivity contribution in [1.29, 1.82) is 0 Å². The third-order valence-electron chi connectivity index (χ3n) is 5.56. The molecule has 0 spiro atoms. The summed E-state index contributed by atoms with van der Waals surface area (Å²) in [5, 5.41) is 8.25. The van der Waals surface area contributed by atoms with E-state index in [0.717, 1.165) is 83.5 Å². The molecular weight excluding hydrogens is 596 g/mol. The average molecular weight is 623 g/mol. The summed E-state index contributed by atoms with van der Waals surface area (Å²) >= 11 is 12.7. The maximum absolute atomic E-state index is 5.74. The number of halogens is 3. The maximum Gasteiger partial charge on any atom is 0.129 e. The number of morpholine rings is 2. The van der Waals surface area contributed by atoms with Crippen molar-refractivity contribution in [2.45, 2.75) is 0 Å². The fourth-order valence-corrected chi connectivity index (χ4v) is 4.85. The van der Waals surface area contributed by atoms with Gasteiger partial charge in [-0.05, 0) is 35.0 Å². The first-order chi connectivity index (χ1) is 17.1. The number of benzene rings is 2. The molecule has 2 aromatic carbocycles. The molecule has 9 heteroatoms. The van der Waals surface area contributed by atoms with Crippen LogP contribution in [0.5, 0.6) is 0 Å². The van der Waals surface area contributed by atoms with Crippen molar-refractivity contribution in [3.63, 3.8) is 0 Å². The van der Waals surface area contributed by atoms with E-state index in [1.54, 1.807) is 6.20 Å². The molecule has 2 saturated heterocycles. The minimum atomic E-state index is 0.528. The molecule has 2 aromatic heterocycles. The second-order valence-corrected chi connectivity index (χ2v) is 10.0. The van der Waals surface area contributed by atoms with Crippen molar-refractivity contribution in [3.05, 3.63) is 75.0 Å². The molecule has 184 valence electrons. The fraction of sp³-hybridized carbons (Fsp3) is 0.308. The molecule has 0 radical (unpaired) electrons. The zero-order chi connectivity index (χ0) is 24.5. The van der Waals surface area contributed by atoms with Gasteiger partial charge in [0.15, 0.2) is 0 Å². The van der Waals surface area contributed by atoms with Crippen LogP contribution in [0.3, 0.4) is 0 Å². The lowest BCUT2D eigenvalue weighted by Gasteiger charge is -2.27. The summed E-state index contributed by atoms with van der Waals surface area (Å²) in [6, 6.07) is 16.2. The van der Waals surface area contributed by atoms with Crippen LogP contribution in [0.25, 0.3) is 21.5 Å². The SMILES string of the molecule is Brc1cccc2cc(N3CCOCC3)ncc12.C1COCCN1.Clc1cc2cccc(Br)c2cn1. The van der Waals surface area contributed by atoms with E-state index in [0.29, 0.717) is 5.15 Å². The predicted molar refractivity (Wildman–Crippen MR) is 151 cm³/mol. The van der Waals surface area contributed by atoms with Gasteiger partial charge in [0.25, 0.3) is 0 Å². The molecule has 0 saturated carbocycles. The van der Waals surface area contributed by atoms with Crippen molar-refractivity contribution in [1.82, 2.24) is 15.3 Å². The minimum Gasteiger partial charge on any atom is -0.379 e. The Labute approximate surface area is 227 Å². The first-order valence-electron chi connectivity index (χ1n) is 11.5. The first kappa shape index (κ1) is 26.3. The van der Waals surface area contributed by atoms with Crippen LogP contribution in [0.15, 0.2) is 69.9 Å². The number of hydrogen-bond donors (Lipinski definition) is 1. The molecule has 0 atom stereocenters. The Balaban J connectivity index is 0.000000139. The number of hydrogen-bond acceptors (Lipinski definition) is 6. The molecule has 0 aliphatic carbocycles. The van der Waals surface area contributed by atoms with Crippen LogP contribution in [-0.2, 0) is 9.47 Å². The van der Waals surface area contributed by atoms with Gasteiger partial charge < -0.3 is 19.7 Å². The lowest BCUT2D eigenvalue weighted by atomic mass is 10.2. The highest BCUT2D eigenvalue weighted by Gasteiger charge is 2.12. The molecule has 2 aliphatic heterocycles. The van der Waals surface area contributed by atoms with Gasteiger partial charge in [0.1, 0.15) is 11.0 Å². The predicted octanol–water partition coefficient (Wildman–Crippen LogP) is 6.09. The molecule has 6 nitrogen and oxygen atoms in total. The van der Waals surface area contributed by atoms with E-state index in [-0.39, 0.29) is 0 Å². The van der Waals surface area contributed by atoms with Crippen molar-refractivity contribution >= 4 is 70.8 Å². The number of anilines is 1. The Morgan fingerprint density at radius 1 is 0.771 bits per heavy atom. The molecule has 1 N–H and O–H groups in total. The first-order valence-corrected chi connectivity index (χ1v) is 13.4. The summed E-state index contributed by atoms with van der Waals surface area (Å²) in [6.45, 7) is 7.26. The van der Waals surface area contributed by atoms with E-state index in [4.69, 9.17) is 21.1 Å². The van der Waals surface area contributed by atoms with Crippen LogP contribution in [-0.4, -0.2) is 62.6 Å². The second-order valence-electron chi connectivity index (χ2n) is 7.93. The quantitative estimate of drug-likeness (QED) is 0.260. The molecule has 0 unspecified atom stereocenters. The smallest absolute Gasteiger partial charge is 0.129 e. The Bertz CT molecular complexity index is 1240. The summed E-state index contributed by atoms with van der Waals surface area (Å²) in [4.78, 5) is 10.8. The van der Waals surface area contributed by atoms with Crippen molar-refractivity contribution in [2.75, 3.05) is 57.5 Å². The van der Waals surface area contributed by atoms with Gasteiger partial charge in [-0.2, -0.15) is 0 Å². The molecule has 0 amide bonds. The molecule has 6 rings (SSSR count). The Morgan fingerprint density at radius 2 is 1.34 bits per heavy atom. The van der Waals surface area contributed by atoms with E-state index in [9.17, 15) is 0 Å². The largest absolute Gasteiger partial charge is 0.379 e. The molecular formula is C26H27Br2ClN4O2. The normalized spacial score (nSPS) is 15.7. The van der Waals surface area contributed by atoms with E-state index in [1.165, 1.54) is 5.39 Å². The van der Waals surface area contributed by atoms with Gasteiger partial charge in [-0.3, -0.25) is 0 Å². The number of pyridine rings is 2. The summed E-state index contributed by atoms with van der Waals surface area (Å²) < 4.78 is 12.5. The highest BCUT2D eigenvalue weighted by Crippen LogP contribution is 2.26. The number of rotatable bonds is 1. The van der Waals surface area contributed by atoms with Crippen LogP contribution < -0.4 is 10.2 Å². The fourth-order valence-electron chi connectivity index (χ4n) is 3.71. The molecule has 2 fully saturated rings. The molecule has 35 heavy (non-hydrogen) atoms. The topological polar surface area (TPSA) is 59.5 Å². The van der Waals surface area contributed by atoms with E-state index in [2.05, 4.69) is 70.2 Å². The van der Waals surface area contributed by atoms with Gasteiger partial charge in [-0.15, -0.1) is 0 Å². The van der Waals surface area contributed by atoms with E-state index in [1.807, 2.05) is 36.5 Å². The highest BCUT2D eigenvalue weighted by atomic mass is 79.9. The summed E-state index contributed by atoms with van der Waals surface area (Å²) in [5.74, 6) is 1.04. The summed E-state index contributed by atoms with van der Waals surface area (Å²) in [5.41, 5.74) is 0. The minimum absolute atomic E-state index is 0.528. The van der Waals surface area contributed by atoms with Gasteiger partial charge >= 0.3 is 0 Å². The van der Waals surface area contributed by atoms with Gasteiger partial charge in [0.2, 0.25) is 0 Å². The molecule has 4 heterocycles. The standard InChI is InChI=1S/C13H13BrN2O.C9H5BrClN.C4H9NO/c14-12-3-1-2-10-8-13(15-9-11(10)12)16-4-6-17-7-5-16;10-8-3-1-2-6-4-9(11)12-5-7(6)8;1-3-6-4-2-5-1/h1-3,8-9H,4-7H2;1-5H;5H,1-4H2. The van der Waals surface area contributed by atoms with Gasteiger partial charge in [0.05, 0.1) is 26.4 Å². The number of nitrogens with zero attached hydrogens (tertiary/aromatic N) is 3. The van der Waals surface area contributed by atoms with Crippen LogP contribution in [0, 0.1) is 0 Å². The third kappa shape index (κ3) is 7.59. The lowest BCUT2D eigenvalue weighted by Crippen LogP contribution is -2.36. The van der Waals surface area contributed by atoms with Crippen molar-refractivity contribution < 1.29 is 9.47 Å². The Kier molecular flexibility index (Phi) is 10.1. The van der Waals surface area contributed by atoms with Gasteiger partial charge in [-0.1, -0.05) is 67.7 Å². The van der Waals surface area contributed by atoms with Crippen LogP contribution in [0.2, 0.25) is 5.15 Å². The number of fused-ring (bicyclic) bond motifs is 2.